The smallest absolute Gasteiger partial charge is 0.329 e. The molecule has 28 heteroatoms. The number of aromatic hydroxyl groups is 1. The van der Waals surface area contributed by atoms with Crippen molar-refractivity contribution < 1.29 is 73.1 Å². The predicted octanol–water partition coefficient (Wildman–Crippen LogP) is -6.41. The summed E-state index contributed by atoms with van der Waals surface area (Å²) in [5.41, 5.74) is 27.5. The molecule has 0 bridgehead atoms. The van der Waals surface area contributed by atoms with E-state index in [1.165, 1.54) is 27.7 Å². The molecule has 0 spiro atoms. The third kappa shape index (κ3) is 17.9. The van der Waals surface area contributed by atoms with Gasteiger partial charge >= 0.3 is 5.97 Å². The molecule has 2 rings (SSSR count). The number of benzene rings is 1. The number of aliphatic hydroxyl groups is 3. The quantitative estimate of drug-likeness (QED) is 0.0210. The second kappa shape index (κ2) is 28.0. The van der Waals surface area contributed by atoms with Crippen molar-refractivity contribution >= 4 is 65.1 Å². The van der Waals surface area contributed by atoms with Gasteiger partial charge in [0.05, 0.1) is 12.1 Å². The van der Waals surface area contributed by atoms with E-state index < -0.39 is 144 Å². The predicted molar refractivity (Wildman–Crippen MR) is 254 cm³/mol. The fourth-order valence-electron chi connectivity index (χ4n) is 7.01. The summed E-state index contributed by atoms with van der Waals surface area (Å²) in [5.74, 6) is -15.8. The molecular weight excluding hydrogens is 951 g/mol. The van der Waals surface area contributed by atoms with Crippen LogP contribution in [-0.4, -0.2) is 159 Å². The van der Waals surface area contributed by atoms with Crippen molar-refractivity contribution in [3.8, 4) is 5.75 Å². The second-order valence-electron chi connectivity index (χ2n) is 18.2. The van der Waals surface area contributed by atoms with E-state index in [0.29, 0.717) is 0 Å². The highest BCUT2D eigenvalue weighted by molar-refractivity contribution is 6.02. The number of phenolic OH excluding ortho intramolecular Hbond substituents is 1. The van der Waals surface area contributed by atoms with Crippen LogP contribution in [0.15, 0.2) is 29.3 Å². The summed E-state index contributed by atoms with van der Waals surface area (Å²) in [5, 5.41) is 59.5. The summed E-state index contributed by atoms with van der Waals surface area (Å²) in [7, 11) is 0. The molecule has 21 N–H and O–H groups in total. The van der Waals surface area contributed by atoms with Crippen molar-refractivity contribution in [1.29, 1.82) is 0 Å². The summed E-state index contributed by atoms with van der Waals surface area (Å²) in [4.78, 5) is 141. The lowest BCUT2D eigenvalue weighted by molar-refractivity contribution is -0.163. The first kappa shape index (κ1) is 61.0. The molecule has 1 aromatic carbocycles. The number of rotatable bonds is 23. The Hall–Kier alpha value is -7.17. The van der Waals surface area contributed by atoms with Gasteiger partial charge in [0, 0.05) is 6.54 Å². The van der Waals surface area contributed by atoms with Crippen LogP contribution in [0.3, 0.4) is 0 Å². The maximum Gasteiger partial charge on any atom is 0.329 e. The standard InChI is InChI=1S/C44H71N13O15/c1-8-19(6)25-43(71)72-33(35(47)63)29(42(70)56-27(31(60)21-11-13-22(58)14-12-21)40(68)55-26(39(67)53-25)30(59)18(4)5)57-41(69)28(32(61)34(46)62)54-37(65)23(10-9-15-50-44(48)49)51-38(66)24(16-17(2)3)52-36(64)20(7)45/h11-14,17-20,23-33,58-61H,8-10,15-16,45H2,1-7H3,(H2,46,62)(H2,47,63)(H,51,66)(H,52,64)(H,53,67)(H,54,65)(H,55,68)(H,56,70)(H,57,69)(H4,48,49,50)/t19-,20-,23+,24+,25-,26-,27-,28-,29+,30+,31-,32+,33+/m0/s1. The van der Waals surface area contributed by atoms with Gasteiger partial charge < -0.3 is 91.0 Å². The van der Waals surface area contributed by atoms with Gasteiger partial charge in [0.15, 0.2) is 18.1 Å². The number of nitrogens with zero attached hydrogens (tertiary/aromatic N) is 1. The molecule has 0 radical (unpaired) electrons. The van der Waals surface area contributed by atoms with E-state index in [0.717, 1.165) is 24.3 Å². The summed E-state index contributed by atoms with van der Waals surface area (Å²) < 4.78 is 5.45. The van der Waals surface area contributed by atoms with E-state index in [1.54, 1.807) is 20.8 Å². The molecule has 1 saturated heterocycles. The zero-order chi connectivity index (χ0) is 54.9. The Morgan fingerprint density at radius 1 is 0.736 bits per heavy atom. The number of ether oxygens (including phenoxy) is 1. The third-order valence-corrected chi connectivity index (χ3v) is 11.4. The number of primary amides is 2. The molecule has 0 unspecified atom stereocenters. The second-order valence-corrected chi connectivity index (χ2v) is 18.2. The zero-order valence-electron chi connectivity index (χ0n) is 41.1. The molecule has 402 valence electrons. The molecule has 9 amide bonds. The Kier molecular flexibility index (Phi) is 23.7. The largest absolute Gasteiger partial charge is 0.508 e. The molecule has 1 aromatic rings. The van der Waals surface area contributed by atoms with Gasteiger partial charge in [-0.2, -0.15) is 0 Å². The van der Waals surface area contributed by atoms with E-state index >= 15 is 0 Å². The highest BCUT2D eigenvalue weighted by Crippen LogP contribution is 2.22. The number of aliphatic imine (C=N–C) groups is 1. The van der Waals surface area contributed by atoms with Crippen LogP contribution in [-0.2, 0) is 52.7 Å². The first-order valence-corrected chi connectivity index (χ1v) is 23.1. The van der Waals surface area contributed by atoms with Crippen LogP contribution in [0.4, 0.5) is 0 Å². The van der Waals surface area contributed by atoms with Crippen LogP contribution < -0.4 is 65.9 Å². The van der Waals surface area contributed by atoms with Gasteiger partial charge in [0.2, 0.25) is 53.4 Å². The number of carbonyl (C=O) groups is 10. The molecule has 28 nitrogen and oxygen atoms in total. The van der Waals surface area contributed by atoms with Crippen molar-refractivity contribution in [2.75, 3.05) is 6.54 Å². The number of nitrogens with one attached hydrogen (secondary N) is 7. The number of guanidine groups is 1. The van der Waals surface area contributed by atoms with Gasteiger partial charge in [-0.05, 0) is 61.6 Å². The minimum absolute atomic E-state index is 0.0273. The van der Waals surface area contributed by atoms with Gasteiger partial charge in [0.1, 0.15) is 48.1 Å². The molecule has 0 aromatic heterocycles. The lowest BCUT2D eigenvalue weighted by atomic mass is 9.95. The fourth-order valence-corrected chi connectivity index (χ4v) is 7.01. The van der Waals surface area contributed by atoms with Crippen LogP contribution in [0.5, 0.6) is 5.75 Å². The Morgan fingerprint density at radius 2 is 1.28 bits per heavy atom. The van der Waals surface area contributed by atoms with Crippen molar-refractivity contribution in [3.63, 3.8) is 0 Å². The van der Waals surface area contributed by atoms with Crippen molar-refractivity contribution in [2.24, 2.45) is 51.4 Å². The van der Waals surface area contributed by atoms with E-state index in [2.05, 4.69) is 36.9 Å². The third-order valence-electron chi connectivity index (χ3n) is 11.4. The lowest BCUT2D eigenvalue weighted by Gasteiger charge is -2.31. The minimum Gasteiger partial charge on any atom is -0.508 e. The Balaban J connectivity index is 2.84. The Labute approximate surface area is 415 Å². The summed E-state index contributed by atoms with van der Waals surface area (Å²) in [6.45, 7) is 10.8. The molecule has 0 saturated carbocycles. The molecule has 13 atom stereocenters. The fraction of sp³-hybridized carbons (Fsp3) is 0.614. The highest BCUT2D eigenvalue weighted by atomic mass is 16.6. The number of nitrogens with two attached hydrogens (primary N) is 5. The van der Waals surface area contributed by atoms with Gasteiger partial charge in [0.25, 0.3) is 5.91 Å². The Bertz CT molecular complexity index is 2140. The average Bonchev–Trinajstić information content (AvgIpc) is 3.30. The summed E-state index contributed by atoms with van der Waals surface area (Å²) in [6.07, 6.45) is -9.15. The van der Waals surface area contributed by atoms with E-state index in [1.807, 2.05) is 5.32 Å². The number of cyclic esters (lactones) is 1. The van der Waals surface area contributed by atoms with Crippen molar-refractivity contribution in [1.82, 2.24) is 37.2 Å². The molecule has 1 fully saturated rings. The van der Waals surface area contributed by atoms with Crippen LogP contribution in [0.2, 0.25) is 0 Å². The maximum atomic E-state index is 14.6. The SMILES string of the molecule is CC[C@H](C)[C@@H]1NC(=O)[C@H]([C@H](O)C(C)C)NC(=O)[C@H]([C@@H](O)c2ccc(O)cc2)NC(=O)[C@H](NC(=O)[C@@H](NC(=O)[C@@H](CCCN=C(N)N)NC(=O)[C@@H](CC(C)C)NC(=O)[C@H](C)N)[C@@H](O)C(N)=O)[C@H](C(N)=O)OC1=O. The number of carbonyl (C=O) groups excluding carboxylic acids is 10. The molecule has 0 aliphatic carbocycles. The summed E-state index contributed by atoms with van der Waals surface area (Å²) >= 11 is 0. The number of esters is 1. The van der Waals surface area contributed by atoms with Gasteiger partial charge in [-0.25, -0.2) is 4.79 Å². The van der Waals surface area contributed by atoms with Crippen LogP contribution in [0.1, 0.15) is 85.8 Å². The monoisotopic (exact) mass is 1020 g/mol. The van der Waals surface area contributed by atoms with E-state index in [4.69, 9.17) is 33.4 Å². The Morgan fingerprint density at radius 3 is 1.79 bits per heavy atom. The molecule has 72 heavy (non-hydrogen) atoms. The van der Waals surface area contributed by atoms with E-state index in [9.17, 15) is 68.4 Å². The van der Waals surface area contributed by atoms with Crippen molar-refractivity contribution in [3.05, 3.63) is 29.8 Å². The van der Waals surface area contributed by atoms with Gasteiger partial charge in [-0.1, -0.05) is 60.1 Å². The average molecular weight is 1020 g/mol. The lowest BCUT2D eigenvalue weighted by Crippen LogP contribution is -2.66. The van der Waals surface area contributed by atoms with Gasteiger partial charge in [-0.3, -0.25) is 48.1 Å². The van der Waals surface area contributed by atoms with Crippen LogP contribution >= 0.6 is 0 Å². The van der Waals surface area contributed by atoms with Crippen LogP contribution in [0, 0.1) is 17.8 Å². The minimum atomic E-state index is -2.66. The number of phenols is 1. The number of hydrogen-bond donors (Lipinski definition) is 16. The number of hydrogen-bond acceptors (Lipinski definition) is 17. The molecule has 1 aliphatic rings. The number of amides is 9. The van der Waals surface area contributed by atoms with Crippen LogP contribution in [0.25, 0.3) is 0 Å². The van der Waals surface area contributed by atoms with Crippen molar-refractivity contribution in [2.45, 2.75) is 147 Å². The van der Waals surface area contributed by atoms with Gasteiger partial charge in [-0.15, -0.1) is 0 Å². The highest BCUT2D eigenvalue weighted by Gasteiger charge is 2.46. The first-order valence-electron chi connectivity index (χ1n) is 23.1. The topological polar surface area (TPSA) is 488 Å². The molecule has 1 heterocycles. The number of aliphatic hydroxyl groups excluding tert-OH is 3. The first-order chi connectivity index (χ1) is 33.5. The summed E-state index contributed by atoms with van der Waals surface area (Å²) in [6, 6.07) is -10.4. The van der Waals surface area contributed by atoms with E-state index in [-0.39, 0.29) is 55.4 Å². The normalized spacial score (nSPS) is 22.1. The maximum absolute atomic E-state index is 14.6. The molecule has 1 aliphatic heterocycles. The molecular formula is C44H71N13O15. The zero-order valence-corrected chi connectivity index (χ0v) is 41.1.